The number of hydrogen-bond donors (Lipinski definition) is 2. The molecule has 1 aromatic rings. The SMILES string of the molecule is Cc1cc(C(=O)N[C@@H]2CCN(CC(=O)N(C)C)C[C@H]2O)nc(C)n1. The van der Waals surface area contributed by atoms with Gasteiger partial charge in [-0.15, -0.1) is 0 Å². The fourth-order valence-corrected chi connectivity index (χ4v) is 2.72. The van der Waals surface area contributed by atoms with Crippen LogP contribution in [-0.4, -0.2) is 82.6 Å². The standard InChI is InChI=1S/C16H25N5O3/c1-10-7-13(18-11(2)17-10)16(24)19-12-5-6-21(8-14(12)22)9-15(23)20(3)4/h7,12,14,22H,5-6,8-9H2,1-4H3,(H,19,24)/t12-,14-/m1/s1. The number of amides is 2. The van der Waals surface area contributed by atoms with E-state index in [2.05, 4.69) is 15.3 Å². The maximum Gasteiger partial charge on any atom is 0.270 e. The Morgan fingerprint density at radius 1 is 1.38 bits per heavy atom. The molecule has 24 heavy (non-hydrogen) atoms. The number of piperidine rings is 1. The van der Waals surface area contributed by atoms with Gasteiger partial charge in [0.05, 0.1) is 18.7 Å². The fraction of sp³-hybridized carbons (Fsp3) is 0.625. The molecule has 2 heterocycles. The van der Waals surface area contributed by atoms with E-state index in [0.717, 1.165) is 5.69 Å². The molecule has 0 spiro atoms. The van der Waals surface area contributed by atoms with E-state index in [4.69, 9.17) is 0 Å². The second-order valence-electron chi connectivity index (χ2n) is 6.40. The van der Waals surface area contributed by atoms with E-state index in [1.54, 1.807) is 34.0 Å². The molecule has 1 aliphatic rings. The van der Waals surface area contributed by atoms with Gasteiger partial charge in [0.25, 0.3) is 5.91 Å². The molecule has 0 aromatic carbocycles. The molecule has 0 saturated carbocycles. The van der Waals surface area contributed by atoms with Crippen LogP contribution in [0.15, 0.2) is 6.07 Å². The predicted octanol–water partition coefficient (Wildman–Crippen LogP) is -0.653. The number of hydrogen-bond acceptors (Lipinski definition) is 6. The number of aliphatic hydroxyl groups is 1. The van der Waals surface area contributed by atoms with Crippen molar-refractivity contribution in [2.45, 2.75) is 32.4 Å². The Hall–Kier alpha value is -2.06. The quantitative estimate of drug-likeness (QED) is 0.758. The first-order valence-corrected chi connectivity index (χ1v) is 8.00. The highest BCUT2D eigenvalue weighted by Gasteiger charge is 2.30. The zero-order chi connectivity index (χ0) is 17.9. The summed E-state index contributed by atoms with van der Waals surface area (Å²) in [7, 11) is 3.41. The molecule has 8 heteroatoms. The summed E-state index contributed by atoms with van der Waals surface area (Å²) in [5.41, 5.74) is 1.03. The van der Waals surface area contributed by atoms with E-state index < -0.39 is 6.10 Å². The average Bonchev–Trinajstić information content (AvgIpc) is 2.48. The van der Waals surface area contributed by atoms with Crippen molar-refractivity contribution in [1.82, 2.24) is 25.1 Å². The number of β-amino-alcohol motifs (C(OH)–C–C–N with tert-alkyl or cyclic N) is 1. The third-order valence-electron chi connectivity index (χ3n) is 4.04. The Balaban J connectivity index is 1.92. The lowest BCUT2D eigenvalue weighted by molar-refractivity contribution is -0.130. The van der Waals surface area contributed by atoms with Gasteiger partial charge in [0.15, 0.2) is 0 Å². The van der Waals surface area contributed by atoms with Gasteiger partial charge in [0, 0.05) is 32.9 Å². The largest absolute Gasteiger partial charge is 0.390 e. The Kier molecular flexibility index (Phi) is 5.84. The van der Waals surface area contributed by atoms with Crippen molar-refractivity contribution < 1.29 is 14.7 Å². The maximum atomic E-state index is 12.3. The minimum absolute atomic E-state index is 0.00313. The highest BCUT2D eigenvalue weighted by molar-refractivity contribution is 5.92. The number of carbonyl (C=O) groups excluding carboxylic acids is 2. The Labute approximate surface area is 141 Å². The van der Waals surface area contributed by atoms with Crippen molar-refractivity contribution in [2.75, 3.05) is 33.7 Å². The smallest absolute Gasteiger partial charge is 0.270 e. The van der Waals surface area contributed by atoms with Crippen LogP contribution < -0.4 is 5.32 Å². The van der Waals surface area contributed by atoms with E-state index in [1.165, 1.54) is 4.90 Å². The van der Waals surface area contributed by atoms with E-state index in [9.17, 15) is 14.7 Å². The number of likely N-dealkylation sites (tertiary alicyclic amines) is 1. The summed E-state index contributed by atoms with van der Waals surface area (Å²) >= 11 is 0. The molecule has 0 radical (unpaired) electrons. The van der Waals surface area contributed by atoms with Gasteiger partial charge in [-0.25, -0.2) is 9.97 Å². The van der Waals surface area contributed by atoms with Gasteiger partial charge in [0.1, 0.15) is 11.5 Å². The zero-order valence-corrected chi connectivity index (χ0v) is 14.6. The molecule has 2 N–H and O–H groups in total. The number of aliphatic hydroxyl groups excluding tert-OH is 1. The van der Waals surface area contributed by atoms with Crippen LogP contribution in [0.4, 0.5) is 0 Å². The lowest BCUT2D eigenvalue weighted by atomic mass is 10.0. The second-order valence-corrected chi connectivity index (χ2v) is 6.40. The monoisotopic (exact) mass is 335 g/mol. The van der Waals surface area contributed by atoms with Gasteiger partial charge in [-0.2, -0.15) is 0 Å². The van der Waals surface area contributed by atoms with Crippen LogP contribution in [0, 0.1) is 13.8 Å². The van der Waals surface area contributed by atoms with Crippen molar-refractivity contribution in [3.8, 4) is 0 Å². The molecule has 2 atom stereocenters. The summed E-state index contributed by atoms with van der Waals surface area (Å²) < 4.78 is 0. The molecule has 0 aliphatic carbocycles. The van der Waals surface area contributed by atoms with Crippen molar-refractivity contribution in [3.63, 3.8) is 0 Å². The number of aromatic nitrogens is 2. The normalized spacial score (nSPS) is 21.4. The Bertz CT molecular complexity index is 599. The summed E-state index contributed by atoms with van der Waals surface area (Å²) in [6.45, 7) is 4.81. The lowest BCUT2D eigenvalue weighted by Gasteiger charge is -2.36. The number of nitrogens with one attached hydrogen (secondary N) is 1. The third kappa shape index (κ3) is 4.72. The van der Waals surface area contributed by atoms with Crippen LogP contribution >= 0.6 is 0 Å². The summed E-state index contributed by atoms with van der Waals surface area (Å²) in [6, 6.07) is 1.28. The van der Waals surface area contributed by atoms with Crippen LogP contribution in [0.25, 0.3) is 0 Å². The van der Waals surface area contributed by atoms with Crippen molar-refractivity contribution in [3.05, 3.63) is 23.3 Å². The summed E-state index contributed by atoms with van der Waals surface area (Å²) in [4.78, 5) is 35.8. The summed E-state index contributed by atoms with van der Waals surface area (Å²) in [5.74, 6) is 0.222. The Morgan fingerprint density at radius 2 is 2.08 bits per heavy atom. The molecule has 0 bridgehead atoms. The fourth-order valence-electron chi connectivity index (χ4n) is 2.72. The van der Waals surface area contributed by atoms with Crippen molar-refractivity contribution in [2.24, 2.45) is 0 Å². The van der Waals surface area contributed by atoms with E-state index in [0.29, 0.717) is 31.0 Å². The van der Waals surface area contributed by atoms with Crippen LogP contribution in [0.1, 0.15) is 28.4 Å². The van der Waals surface area contributed by atoms with Crippen molar-refractivity contribution in [1.29, 1.82) is 0 Å². The molecule has 2 amide bonds. The number of carbonyl (C=O) groups is 2. The summed E-state index contributed by atoms with van der Waals surface area (Å²) in [5, 5.41) is 13.1. The Morgan fingerprint density at radius 3 is 2.67 bits per heavy atom. The number of rotatable bonds is 4. The molecule has 1 saturated heterocycles. The number of nitrogens with zero attached hydrogens (tertiary/aromatic N) is 4. The van der Waals surface area contributed by atoms with Gasteiger partial charge in [-0.3, -0.25) is 14.5 Å². The minimum atomic E-state index is -0.721. The van der Waals surface area contributed by atoms with Gasteiger partial charge in [0.2, 0.25) is 5.91 Å². The third-order valence-corrected chi connectivity index (χ3v) is 4.04. The number of aryl methyl sites for hydroxylation is 2. The highest BCUT2D eigenvalue weighted by atomic mass is 16.3. The van der Waals surface area contributed by atoms with Crippen LogP contribution in [-0.2, 0) is 4.79 Å². The number of likely N-dealkylation sites (N-methyl/N-ethyl adjacent to an activating group) is 1. The molecule has 0 unspecified atom stereocenters. The van der Waals surface area contributed by atoms with E-state index >= 15 is 0 Å². The van der Waals surface area contributed by atoms with Gasteiger partial charge in [-0.1, -0.05) is 0 Å². The van der Waals surface area contributed by atoms with Gasteiger partial charge < -0.3 is 15.3 Å². The first-order chi connectivity index (χ1) is 11.3. The van der Waals surface area contributed by atoms with E-state index in [-0.39, 0.29) is 24.4 Å². The molecule has 1 aromatic heterocycles. The second kappa shape index (κ2) is 7.67. The van der Waals surface area contributed by atoms with Crippen LogP contribution in [0.3, 0.4) is 0 Å². The highest BCUT2D eigenvalue weighted by Crippen LogP contribution is 2.12. The predicted molar refractivity (Wildman–Crippen MR) is 88.5 cm³/mol. The van der Waals surface area contributed by atoms with Crippen molar-refractivity contribution >= 4 is 11.8 Å². The van der Waals surface area contributed by atoms with Crippen LogP contribution in [0.5, 0.6) is 0 Å². The average molecular weight is 335 g/mol. The lowest BCUT2D eigenvalue weighted by Crippen LogP contribution is -2.55. The maximum absolute atomic E-state index is 12.3. The zero-order valence-electron chi connectivity index (χ0n) is 14.6. The minimum Gasteiger partial charge on any atom is -0.390 e. The molecular formula is C16H25N5O3. The first-order valence-electron chi connectivity index (χ1n) is 8.00. The van der Waals surface area contributed by atoms with Gasteiger partial charge >= 0.3 is 0 Å². The molecule has 8 nitrogen and oxygen atoms in total. The molecular weight excluding hydrogens is 310 g/mol. The first kappa shape index (κ1) is 18.3. The van der Waals surface area contributed by atoms with Crippen LogP contribution in [0.2, 0.25) is 0 Å². The van der Waals surface area contributed by atoms with Gasteiger partial charge in [-0.05, 0) is 26.3 Å². The molecule has 1 fully saturated rings. The molecule has 1 aliphatic heterocycles. The summed E-state index contributed by atoms with van der Waals surface area (Å²) in [6.07, 6.45) is -0.141. The van der Waals surface area contributed by atoms with E-state index in [1.807, 2.05) is 4.90 Å². The molecule has 132 valence electrons. The molecule has 2 rings (SSSR count). The topological polar surface area (TPSA) is 98.7 Å².